The molecular weight excluding hydrogens is 355 g/mol. The smallest absolute Gasteiger partial charge is 0.406 e. The summed E-state index contributed by atoms with van der Waals surface area (Å²) in [6, 6.07) is 8.28. The van der Waals surface area contributed by atoms with Gasteiger partial charge in [-0.1, -0.05) is 31.4 Å². The van der Waals surface area contributed by atoms with Gasteiger partial charge in [0.2, 0.25) is 0 Å². The van der Waals surface area contributed by atoms with Gasteiger partial charge < -0.3 is 15.0 Å². The molecule has 0 spiro atoms. The summed E-state index contributed by atoms with van der Waals surface area (Å²) in [6.45, 7) is 0. The number of H-pyrrole nitrogens is 1. The largest absolute Gasteiger partial charge is 0.573 e. The number of benzene rings is 1. The highest BCUT2D eigenvalue weighted by atomic mass is 19.4. The Morgan fingerprint density at radius 1 is 1.04 bits per heavy atom. The molecule has 1 aliphatic rings. The monoisotopic (exact) mass is 375 g/mol. The summed E-state index contributed by atoms with van der Waals surface area (Å²) < 4.78 is 41.1. The van der Waals surface area contributed by atoms with Crippen LogP contribution in [0.1, 0.15) is 32.1 Å². The van der Waals surface area contributed by atoms with E-state index in [0.717, 1.165) is 40.7 Å². The minimum Gasteiger partial charge on any atom is -0.406 e. The number of ether oxygens (including phenoxy) is 1. The highest BCUT2D eigenvalue weighted by Gasteiger charge is 2.31. The number of hydrogen-bond acceptors (Lipinski definition) is 3. The predicted octanol–water partition coefficient (Wildman–Crippen LogP) is 5.87. The fraction of sp³-hybridized carbons (Fsp3) is 0.350. The third-order valence-corrected chi connectivity index (χ3v) is 4.94. The van der Waals surface area contributed by atoms with Crippen LogP contribution in [0.15, 0.2) is 42.7 Å². The first-order chi connectivity index (χ1) is 13.0. The van der Waals surface area contributed by atoms with E-state index in [1.54, 1.807) is 18.3 Å². The van der Waals surface area contributed by atoms with Crippen molar-refractivity contribution in [3.63, 3.8) is 0 Å². The first-order valence-electron chi connectivity index (χ1n) is 9.08. The van der Waals surface area contributed by atoms with Gasteiger partial charge in [-0.15, -0.1) is 13.2 Å². The molecule has 0 bridgehead atoms. The summed E-state index contributed by atoms with van der Waals surface area (Å²) in [5.41, 5.74) is 3.41. The van der Waals surface area contributed by atoms with Crippen LogP contribution in [0.3, 0.4) is 0 Å². The Bertz CT molecular complexity index is 912. The highest BCUT2D eigenvalue weighted by molar-refractivity contribution is 5.98. The van der Waals surface area contributed by atoms with Gasteiger partial charge in [0.05, 0.1) is 5.69 Å². The van der Waals surface area contributed by atoms with Gasteiger partial charge in [-0.3, -0.25) is 0 Å². The molecule has 2 aromatic heterocycles. The van der Waals surface area contributed by atoms with E-state index in [4.69, 9.17) is 0 Å². The zero-order valence-electron chi connectivity index (χ0n) is 14.6. The molecule has 0 saturated heterocycles. The number of fused-ring (bicyclic) bond motifs is 1. The summed E-state index contributed by atoms with van der Waals surface area (Å²) in [6.07, 6.45) is 4.81. The number of pyridine rings is 1. The number of aromatic amines is 1. The molecule has 4 nitrogen and oxygen atoms in total. The van der Waals surface area contributed by atoms with Crippen molar-refractivity contribution < 1.29 is 17.9 Å². The van der Waals surface area contributed by atoms with Crippen molar-refractivity contribution in [1.29, 1.82) is 0 Å². The molecule has 0 amide bonds. The summed E-state index contributed by atoms with van der Waals surface area (Å²) >= 11 is 0. The lowest BCUT2D eigenvalue weighted by atomic mass is 9.94. The van der Waals surface area contributed by atoms with Gasteiger partial charge in [0, 0.05) is 29.4 Å². The zero-order valence-corrected chi connectivity index (χ0v) is 14.6. The fourth-order valence-electron chi connectivity index (χ4n) is 3.67. The van der Waals surface area contributed by atoms with E-state index < -0.39 is 6.36 Å². The van der Waals surface area contributed by atoms with Crippen LogP contribution in [0.4, 0.5) is 18.9 Å². The quantitative estimate of drug-likeness (QED) is 0.599. The van der Waals surface area contributed by atoms with Crippen molar-refractivity contribution in [2.24, 2.45) is 0 Å². The average Bonchev–Trinajstić information content (AvgIpc) is 3.12. The van der Waals surface area contributed by atoms with Gasteiger partial charge >= 0.3 is 6.36 Å². The Labute approximate surface area is 154 Å². The molecule has 4 rings (SSSR count). The molecule has 1 fully saturated rings. The SMILES string of the molecule is FC(F)(F)Oc1ccc(-c2cnc3[nH]ccc3c2NC2CCCCC2)cc1. The second-order valence-corrected chi connectivity index (χ2v) is 6.84. The van der Waals surface area contributed by atoms with E-state index in [0.29, 0.717) is 6.04 Å². The van der Waals surface area contributed by atoms with E-state index in [-0.39, 0.29) is 5.75 Å². The van der Waals surface area contributed by atoms with Crippen molar-refractivity contribution in [2.45, 2.75) is 44.5 Å². The molecule has 0 unspecified atom stereocenters. The minimum absolute atomic E-state index is 0.233. The molecule has 7 heteroatoms. The number of alkyl halides is 3. The molecule has 1 saturated carbocycles. The van der Waals surface area contributed by atoms with Gasteiger partial charge in [0.25, 0.3) is 0 Å². The first kappa shape index (κ1) is 17.7. The van der Waals surface area contributed by atoms with Crippen LogP contribution in [-0.2, 0) is 0 Å². The number of halogens is 3. The second kappa shape index (κ2) is 7.13. The standard InChI is InChI=1S/C20H20F3N3O/c21-20(22,23)27-15-8-6-13(7-9-15)17-12-25-19-16(10-11-24-19)18(17)26-14-4-2-1-3-5-14/h6-12,14H,1-5H2,(H2,24,25,26). The van der Waals surface area contributed by atoms with Crippen LogP contribution in [0.2, 0.25) is 0 Å². The Morgan fingerprint density at radius 2 is 1.78 bits per heavy atom. The summed E-state index contributed by atoms with van der Waals surface area (Å²) in [4.78, 5) is 7.56. The first-order valence-corrected chi connectivity index (χ1v) is 9.08. The van der Waals surface area contributed by atoms with E-state index >= 15 is 0 Å². The van der Waals surface area contributed by atoms with Crippen molar-refractivity contribution in [1.82, 2.24) is 9.97 Å². The molecule has 0 atom stereocenters. The topological polar surface area (TPSA) is 49.9 Å². The van der Waals surface area contributed by atoms with Crippen LogP contribution < -0.4 is 10.1 Å². The minimum atomic E-state index is -4.69. The Hall–Kier alpha value is -2.70. The van der Waals surface area contributed by atoms with Crippen LogP contribution >= 0.6 is 0 Å². The number of nitrogens with one attached hydrogen (secondary N) is 2. The van der Waals surface area contributed by atoms with E-state index in [9.17, 15) is 13.2 Å². The molecular formula is C20H20F3N3O. The molecule has 0 radical (unpaired) electrons. The van der Waals surface area contributed by atoms with Gasteiger partial charge in [-0.25, -0.2) is 4.98 Å². The molecule has 1 aliphatic carbocycles. The lowest BCUT2D eigenvalue weighted by molar-refractivity contribution is -0.274. The lowest BCUT2D eigenvalue weighted by Crippen LogP contribution is -2.22. The highest BCUT2D eigenvalue weighted by Crippen LogP contribution is 2.36. The number of hydrogen-bond donors (Lipinski definition) is 2. The van der Waals surface area contributed by atoms with Gasteiger partial charge in [0.15, 0.2) is 0 Å². The zero-order chi connectivity index (χ0) is 18.9. The molecule has 2 heterocycles. The summed E-state index contributed by atoms with van der Waals surface area (Å²) in [7, 11) is 0. The van der Waals surface area contributed by atoms with Gasteiger partial charge in [0.1, 0.15) is 11.4 Å². The van der Waals surface area contributed by atoms with Gasteiger partial charge in [-0.2, -0.15) is 0 Å². The molecule has 3 aromatic rings. The molecule has 0 aliphatic heterocycles. The van der Waals surface area contributed by atoms with Crippen LogP contribution in [0, 0.1) is 0 Å². The Morgan fingerprint density at radius 3 is 2.48 bits per heavy atom. The maximum atomic E-state index is 12.4. The molecule has 142 valence electrons. The van der Waals surface area contributed by atoms with Crippen molar-refractivity contribution in [3.05, 3.63) is 42.7 Å². The van der Waals surface area contributed by atoms with Crippen molar-refractivity contribution in [3.8, 4) is 16.9 Å². The summed E-state index contributed by atoms with van der Waals surface area (Å²) in [5, 5.41) is 4.64. The van der Waals surface area contributed by atoms with E-state index in [1.165, 1.54) is 31.4 Å². The van der Waals surface area contributed by atoms with Crippen LogP contribution in [-0.4, -0.2) is 22.4 Å². The second-order valence-electron chi connectivity index (χ2n) is 6.84. The Balaban J connectivity index is 1.69. The average molecular weight is 375 g/mol. The predicted molar refractivity (Wildman–Crippen MR) is 98.7 cm³/mol. The number of anilines is 1. The van der Waals surface area contributed by atoms with E-state index in [2.05, 4.69) is 20.0 Å². The number of aromatic nitrogens is 2. The Kier molecular flexibility index (Phi) is 4.68. The third kappa shape index (κ3) is 4.02. The molecule has 1 aromatic carbocycles. The lowest BCUT2D eigenvalue weighted by Gasteiger charge is -2.25. The van der Waals surface area contributed by atoms with Crippen molar-refractivity contribution in [2.75, 3.05) is 5.32 Å². The van der Waals surface area contributed by atoms with Crippen LogP contribution in [0.25, 0.3) is 22.2 Å². The molecule has 27 heavy (non-hydrogen) atoms. The maximum Gasteiger partial charge on any atom is 0.573 e. The van der Waals surface area contributed by atoms with Crippen LogP contribution in [0.5, 0.6) is 5.75 Å². The van der Waals surface area contributed by atoms with E-state index in [1.807, 2.05) is 12.3 Å². The number of nitrogens with zero attached hydrogens (tertiary/aromatic N) is 1. The maximum absolute atomic E-state index is 12.4. The number of rotatable bonds is 4. The third-order valence-electron chi connectivity index (χ3n) is 4.94. The fourth-order valence-corrected chi connectivity index (χ4v) is 3.67. The van der Waals surface area contributed by atoms with Gasteiger partial charge in [-0.05, 0) is 36.6 Å². The molecule has 2 N–H and O–H groups in total. The summed E-state index contributed by atoms with van der Waals surface area (Å²) in [5.74, 6) is -0.233. The van der Waals surface area contributed by atoms with Crippen molar-refractivity contribution >= 4 is 16.7 Å². The normalized spacial score (nSPS) is 15.8.